The highest BCUT2D eigenvalue weighted by atomic mass is 32.1. The minimum absolute atomic E-state index is 0.0788. The number of carbonyl (C=O) groups is 2. The molecule has 0 bridgehead atoms. The fraction of sp³-hybridized carbons (Fsp3) is 0.227. The van der Waals surface area contributed by atoms with E-state index in [2.05, 4.69) is 20.6 Å². The zero-order valence-corrected chi connectivity index (χ0v) is 18.1. The van der Waals surface area contributed by atoms with Gasteiger partial charge in [0.15, 0.2) is 5.13 Å². The third-order valence-corrected chi connectivity index (χ3v) is 5.53. The van der Waals surface area contributed by atoms with Gasteiger partial charge in [-0.2, -0.15) is 5.26 Å². The number of pyridine rings is 1. The molecule has 0 spiro atoms. The smallest absolute Gasteiger partial charge is 0.266 e. The molecule has 0 atom stereocenters. The monoisotopic (exact) mass is 435 g/mol. The van der Waals surface area contributed by atoms with Gasteiger partial charge in [-0.1, -0.05) is 12.1 Å². The lowest BCUT2D eigenvalue weighted by atomic mass is 9.99. The summed E-state index contributed by atoms with van der Waals surface area (Å²) < 4.78 is 0. The van der Waals surface area contributed by atoms with E-state index in [0.717, 1.165) is 16.8 Å². The van der Waals surface area contributed by atoms with Crippen LogP contribution in [0.15, 0.2) is 34.4 Å². The molecule has 0 unspecified atom stereocenters. The molecule has 0 aliphatic rings. The second-order valence-corrected chi connectivity index (χ2v) is 7.87. The van der Waals surface area contributed by atoms with Crippen molar-refractivity contribution in [2.75, 3.05) is 10.6 Å². The van der Waals surface area contributed by atoms with Crippen LogP contribution in [0.25, 0.3) is 11.3 Å². The van der Waals surface area contributed by atoms with Crippen LogP contribution in [-0.4, -0.2) is 21.8 Å². The van der Waals surface area contributed by atoms with Crippen LogP contribution < -0.4 is 16.2 Å². The third kappa shape index (κ3) is 5.24. The van der Waals surface area contributed by atoms with Crippen molar-refractivity contribution in [1.29, 1.82) is 5.26 Å². The van der Waals surface area contributed by atoms with Crippen LogP contribution in [-0.2, 0) is 16.0 Å². The molecular weight excluding hydrogens is 414 g/mol. The summed E-state index contributed by atoms with van der Waals surface area (Å²) in [6, 6.07) is 9.19. The normalized spacial score (nSPS) is 10.4. The van der Waals surface area contributed by atoms with Crippen molar-refractivity contribution in [3.05, 3.63) is 62.4 Å². The Morgan fingerprint density at radius 2 is 1.90 bits per heavy atom. The van der Waals surface area contributed by atoms with Gasteiger partial charge in [0.25, 0.3) is 5.56 Å². The first kappa shape index (κ1) is 21.9. The highest BCUT2D eigenvalue weighted by Crippen LogP contribution is 2.26. The minimum Gasteiger partial charge on any atom is -0.326 e. The first-order chi connectivity index (χ1) is 14.8. The van der Waals surface area contributed by atoms with Gasteiger partial charge < -0.3 is 15.6 Å². The standard InChI is InChI=1S/C22H21N5O3S/c1-12-17(13(2)24-21(30)18(12)10-23)8-9-20(29)27-22-26-19(11-31-22)15-4-6-16(7-5-15)25-14(3)28/h4-7,11H,8-9H2,1-3H3,(H,24,30)(H,25,28)(H,26,27,29). The molecule has 3 rings (SSSR count). The van der Waals surface area contributed by atoms with E-state index in [0.29, 0.717) is 28.5 Å². The fourth-order valence-corrected chi connectivity index (χ4v) is 3.97. The molecule has 2 aromatic heterocycles. The Hall–Kier alpha value is -3.77. The molecule has 31 heavy (non-hydrogen) atoms. The molecule has 3 aromatic rings. The quantitative estimate of drug-likeness (QED) is 0.546. The predicted molar refractivity (Wildman–Crippen MR) is 120 cm³/mol. The van der Waals surface area contributed by atoms with Crippen molar-refractivity contribution >= 4 is 34.0 Å². The fourth-order valence-electron chi connectivity index (χ4n) is 3.23. The highest BCUT2D eigenvalue weighted by molar-refractivity contribution is 7.14. The Balaban J connectivity index is 1.64. The van der Waals surface area contributed by atoms with E-state index >= 15 is 0 Å². The molecule has 1 aromatic carbocycles. The van der Waals surface area contributed by atoms with Crippen LogP contribution >= 0.6 is 11.3 Å². The number of aromatic amines is 1. The number of nitriles is 1. The Morgan fingerprint density at radius 1 is 1.19 bits per heavy atom. The van der Waals surface area contributed by atoms with Crippen LogP contribution in [0.3, 0.4) is 0 Å². The summed E-state index contributed by atoms with van der Waals surface area (Å²) in [7, 11) is 0. The summed E-state index contributed by atoms with van der Waals surface area (Å²) in [5.74, 6) is -0.340. The van der Waals surface area contributed by atoms with Crippen molar-refractivity contribution < 1.29 is 9.59 Å². The Morgan fingerprint density at radius 3 is 2.55 bits per heavy atom. The predicted octanol–water partition coefficient (Wildman–Crippen LogP) is 3.52. The highest BCUT2D eigenvalue weighted by Gasteiger charge is 2.14. The number of anilines is 2. The lowest BCUT2D eigenvalue weighted by Gasteiger charge is -2.10. The van der Waals surface area contributed by atoms with Gasteiger partial charge in [-0.15, -0.1) is 11.3 Å². The third-order valence-electron chi connectivity index (χ3n) is 4.77. The number of aromatic nitrogens is 2. The number of H-pyrrole nitrogens is 1. The van der Waals surface area contributed by atoms with Crippen molar-refractivity contribution in [1.82, 2.24) is 9.97 Å². The summed E-state index contributed by atoms with van der Waals surface area (Å²) in [6.07, 6.45) is 0.594. The number of nitrogens with one attached hydrogen (secondary N) is 3. The molecule has 0 aliphatic heterocycles. The molecule has 2 amide bonds. The Labute approximate surface area is 183 Å². The number of aryl methyl sites for hydroxylation is 1. The van der Waals surface area contributed by atoms with Gasteiger partial charge in [-0.05, 0) is 43.5 Å². The number of thiazole rings is 1. The number of nitrogens with zero attached hydrogens (tertiary/aromatic N) is 2. The average molecular weight is 436 g/mol. The number of hydrogen-bond donors (Lipinski definition) is 3. The first-order valence-corrected chi connectivity index (χ1v) is 10.4. The van der Waals surface area contributed by atoms with Crippen LogP contribution in [0.2, 0.25) is 0 Å². The van der Waals surface area contributed by atoms with E-state index in [1.807, 2.05) is 23.6 Å². The molecule has 0 saturated heterocycles. The lowest BCUT2D eigenvalue weighted by Crippen LogP contribution is -2.18. The summed E-state index contributed by atoms with van der Waals surface area (Å²) in [5.41, 5.74) is 4.03. The van der Waals surface area contributed by atoms with Gasteiger partial charge in [0.1, 0.15) is 11.6 Å². The SMILES string of the molecule is CC(=O)Nc1ccc(-c2csc(NC(=O)CCc3c(C)[nH]c(=O)c(C#N)c3C)n2)cc1. The van der Waals surface area contributed by atoms with Gasteiger partial charge in [-0.3, -0.25) is 14.4 Å². The van der Waals surface area contributed by atoms with Crippen LogP contribution in [0.1, 0.15) is 35.7 Å². The summed E-state index contributed by atoms with van der Waals surface area (Å²) in [5, 5.41) is 17.0. The summed E-state index contributed by atoms with van der Waals surface area (Å²) in [4.78, 5) is 42.5. The molecule has 2 heterocycles. The summed E-state index contributed by atoms with van der Waals surface area (Å²) >= 11 is 1.32. The van der Waals surface area contributed by atoms with Gasteiger partial charge >= 0.3 is 0 Å². The average Bonchev–Trinajstić information content (AvgIpc) is 3.16. The Kier molecular flexibility index (Phi) is 6.62. The number of hydrogen-bond acceptors (Lipinski definition) is 6. The van der Waals surface area contributed by atoms with Crippen molar-refractivity contribution in [2.24, 2.45) is 0 Å². The maximum Gasteiger partial charge on any atom is 0.266 e. The van der Waals surface area contributed by atoms with Crippen LogP contribution in [0.5, 0.6) is 0 Å². The molecule has 9 heteroatoms. The van der Waals surface area contributed by atoms with Crippen molar-refractivity contribution in [3.63, 3.8) is 0 Å². The number of amides is 2. The topological polar surface area (TPSA) is 128 Å². The summed E-state index contributed by atoms with van der Waals surface area (Å²) in [6.45, 7) is 4.93. The van der Waals surface area contributed by atoms with Crippen LogP contribution in [0.4, 0.5) is 10.8 Å². The van der Waals surface area contributed by atoms with E-state index in [9.17, 15) is 14.4 Å². The minimum atomic E-state index is -0.411. The maximum absolute atomic E-state index is 12.4. The molecule has 0 saturated carbocycles. The Bertz CT molecular complexity index is 1240. The molecule has 158 valence electrons. The zero-order valence-electron chi connectivity index (χ0n) is 17.3. The maximum atomic E-state index is 12.4. The number of benzene rings is 1. The van der Waals surface area contributed by atoms with Gasteiger partial charge in [0, 0.05) is 35.7 Å². The van der Waals surface area contributed by atoms with Gasteiger partial charge in [0.2, 0.25) is 11.8 Å². The van der Waals surface area contributed by atoms with Gasteiger partial charge in [-0.25, -0.2) is 4.98 Å². The molecular formula is C22H21N5O3S. The van der Waals surface area contributed by atoms with E-state index in [4.69, 9.17) is 5.26 Å². The van der Waals surface area contributed by atoms with Crippen LogP contribution in [0, 0.1) is 25.2 Å². The molecule has 3 N–H and O–H groups in total. The zero-order chi connectivity index (χ0) is 22.5. The largest absolute Gasteiger partial charge is 0.326 e. The molecule has 8 nitrogen and oxygen atoms in total. The first-order valence-electron chi connectivity index (χ1n) is 9.54. The van der Waals surface area contributed by atoms with E-state index < -0.39 is 5.56 Å². The number of carbonyl (C=O) groups excluding carboxylic acids is 2. The second kappa shape index (κ2) is 9.36. The lowest BCUT2D eigenvalue weighted by molar-refractivity contribution is -0.116. The van der Waals surface area contributed by atoms with E-state index in [-0.39, 0.29) is 23.8 Å². The number of rotatable bonds is 6. The van der Waals surface area contributed by atoms with E-state index in [1.165, 1.54) is 18.3 Å². The molecule has 0 fully saturated rings. The van der Waals surface area contributed by atoms with E-state index in [1.54, 1.807) is 26.0 Å². The van der Waals surface area contributed by atoms with Crippen molar-refractivity contribution in [2.45, 2.75) is 33.6 Å². The van der Waals surface area contributed by atoms with Crippen molar-refractivity contribution in [3.8, 4) is 17.3 Å². The molecule has 0 aliphatic carbocycles. The molecule has 0 radical (unpaired) electrons. The second-order valence-electron chi connectivity index (χ2n) is 7.01. The van der Waals surface area contributed by atoms with Gasteiger partial charge in [0.05, 0.1) is 5.69 Å².